The van der Waals surface area contributed by atoms with Crippen molar-refractivity contribution in [3.8, 4) is 0 Å². The van der Waals surface area contributed by atoms with Crippen LogP contribution in [0.1, 0.15) is 40.5 Å². The molecule has 0 bridgehead atoms. The lowest BCUT2D eigenvalue weighted by Gasteiger charge is -2.17. The molecule has 0 N–H and O–H groups in total. The normalized spacial score (nSPS) is 13.8. The van der Waals surface area contributed by atoms with Crippen molar-refractivity contribution < 1.29 is 9.53 Å². The van der Waals surface area contributed by atoms with E-state index in [-0.39, 0.29) is 11.9 Å². The van der Waals surface area contributed by atoms with E-state index in [1.807, 2.05) is 0 Å². The van der Waals surface area contributed by atoms with Gasteiger partial charge in [-0.1, -0.05) is 27.7 Å². The van der Waals surface area contributed by atoms with Gasteiger partial charge in [-0.2, -0.15) is 0 Å². The molecule has 1 unspecified atom stereocenters. The third-order valence-electron chi connectivity index (χ3n) is 1.94. The molecule has 78 valence electrons. The molecule has 0 fully saturated rings. The topological polar surface area (TPSA) is 26.3 Å². The van der Waals surface area contributed by atoms with Crippen molar-refractivity contribution in [3.63, 3.8) is 0 Å². The lowest BCUT2D eigenvalue weighted by atomic mass is 9.97. The Bertz CT molecular complexity index is 150. The second-order valence-corrected chi connectivity index (χ2v) is 4.42. The molecule has 0 saturated carbocycles. The highest BCUT2D eigenvalue weighted by molar-refractivity contribution is 5.83. The minimum absolute atomic E-state index is 0.192. The average Bonchev–Trinajstić information content (AvgIpc) is 1.98. The fraction of sp³-hybridized carbons (Fsp3) is 0.909. The summed E-state index contributed by atoms with van der Waals surface area (Å²) in [6.07, 6.45) is 1.27. The van der Waals surface area contributed by atoms with Crippen LogP contribution in [0.15, 0.2) is 0 Å². The van der Waals surface area contributed by atoms with E-state index in [2.05, 4.69) is 27.7 Å². The molecule has 0 radical (unpaired) electrons. The molecular formula is C11H22O2. The number of hydrogen-bond acceptors (Lipinski definition) is 2. The van der Waals surface area contributed by atoms with Crippen LogP contribution in [0.4, 0.5) is 0 Å². The number of carbonyl (C=O) groups excluding carboxylic acids is 1. The minimum atomic E-state index is -0.192. The standard InChI is InChI=1S/C11H22O2/c1-8(2)6-10(12)11(13-5)7-9(3)4/h8-9,11H,6-7H2,1-5H3. The van der Waals surface area contributed by atoms with Gasteiger partial charge in [-0.15, -0.1) is 0 Å². The zero-order valence-corrected chi connectivity index (χ0v) is 9.46. The zero-order chi connectivity index (χ0) is 10.4. The van der Waals surface area contributed by atoms with Gasteiger partial charge in [0.2, 0.25) is 0 Å². The SMILES string of the molecule is COC(CC(C)C)C(=O)CC(C)C. The Labute approximate surface area is 81.7 Å². The van der Waals surface area contributed by atoms with E-state index in [4.69, 9.17) is 4.74 Å². The van der Waals surface area contributed by atoms with Gasteiger partial charge < -0.3 is 4.74 Å². The van der Waals surface area contributed by atoms with Crippen LogP contribution in [0.25, 0.3) is 0 Å². The van der Waals surface area contributed by atoms with Gasteiger partial charge in [0, 0.05) is 13.5 Å². The number of ketones is 1. The molecule has 0 aromatic rings. The van der Waals surface area contributed by atoms with Crippen LogP contribution in [0.2, 0.25) is 0 Å². The highest BCUT2D eigenvalue weighted by Gasteiger charge is 2.19. The Morgan fingerprint density at radius 3 is 2.00 bits per heavy atom. The molecule has 0 aromatic carbocycles. The number of methoxy groups -OCH3 is 1. The van der Waals surface area contributed by atoms with Gasteiger partial charge in [-0.3, -0.25) is 4.79 Å². The Morgan fingerprint density at radius 2 is 1.69 bits per heavy atom. The summed E-state index contributed by atoms with van der Waals surface area (Å²) in [6.45, 7) is 8.32. The van der Waals surface area contributed by atoms with Gasteiger partial charge in [-0.05, 0) is 18.3 Å². The van der Waals surface area contributed by atoms with E-state index in [9.17, 15) is 4.79 Å². The maximum atomic E-state index is 11.6. The molecule has 2 nitrogen and oxygen atoms in total. The smallest absolute Gasteiger partial charge is 0.161 e. The molecule has 0 aliphatic rings. The van der Waals surface area contributed by atoms with Crippen LogP contribution >= 0.6 is 0 Å². The van der Waals surface area contributed by atoms with Gasteiger partial charge in [-0.25, -0.2) is 0 Å². The third kappa shape index (κ3) is 5.81. The Morgan fingerprint density at radius 1 is 1.15 bits per heavy atom. The first-order valence-corrected chi connectivity index (χ1v) is 5.02. The second-order valence-electron chi connectivity index (χ2n) is 4.42. The molecule has 13 heavy (non-hydrogen) atoms. The van der Waals surface area contributed by atoms with Crippen LogP contribution in [-0.4, -0.2) is 19.0 Å². The first kappa shape index (κ1) is 12.6. The molecule has 1 atom stereocenters. The zero-order valence-electron chi connectivity index (χ0n) is 9.46. The first-order chi connectivity index (χ1) is 5.97. The van der Waals surface area contributed by atoms with Crippen LogP contribution in [-0.2, 0) is 9.53 Å². The summed E-state index contributed by atoms with van der Waals surface area (Å²) in [5.41, 5.74) is 0. The summed E-state index contributed by atoms with van der Waals surface area (Å²) < 4.78 is 5.17. The number of carbonyl (C=O) groups is 1. The average molecular weight is 186 g/mol. The van der Waals surface area contributed by atoms with Crippen molar-refractivity contribution >= 4 is 5.78 Å². The van der Waals surface area contributed by atoms with E-state index >= 15 is 0 Å². The third-order valence-corrected chi connectivity index (χ3v) is 1.94. The van der Waals surface area contributed by atoms with Gasteiger partial charge in [0.25, 0.3) is 0 Å². The Hall–Kier alpha value is -0.370. The Kier molecular flexibility index (Phi) is 5.97. The molecule has 0 aliphatic carbocycles. The summed E-state index contributed by atoms with van der Waals surface area (Å²) in [7, 11) is 1.62. The van der Waals surface area contributed by atoms with E-state index in [1.54, 1.807) is 7.11 Å². The number of ether oxygens (including phenoxy) is 1. The molecular weight excluding hydrogens is 164 g/mol. The van der Waals surface area contributed by atoms with E-state index in [1.165, 1.54) is 0 Å². The largest absolute Gasteiger partial charge is 0.374 e. The second kappa shape index (κ2) is 6.14. The van der Waals surface area contributed by atoms with Crippen LogP contribution in [0.3, 0.4) is 0 Å². The van der Waals surface area contributed by atoms with Crippen molar-refractivity contribution in [2.24, 2.45) is 11.8 Å². The summed E-state index contributed by atoms with van der Waals surface area (Å²) in [5.74, 6) is 1.18. The predicted octanol–water partition coefficient (Wildman–Crippen LogP) is 2.66. The molecule has 0 rings (SSSR count). The molecule has 0 aliphatic heterocycles. The highest BCUT2D eigenvalue weighted by atomic mass is 16.5. The van der Waals surface area contributed by atoms with Crippen LogP contribution in [0, 0.1) is 11.8 Å². The lowest BCUT2D eigenvalue weighted by molar-refractivity contribution is -0.130. The molecule has 0 amide bonds. The van der Waals surface area contributed by atoms with Crippen molar-refractivity contribution in [3.05, 3.63) is 0 Å². The molecule has 0 saturated heterocycles. The van der Waals surface area contributed by atoms with Crippen molar-refractivity contribution in [2.75, 3.05) is 7.11 Å². The Balaban J connectivity index is 3.99. The maximum Gasteiger partial charge on any atom is 0.161 e. The number of rotatable bonds is 6. The van der Waals surface area contributed by atoms with Crippen molar-refractivity contribution in [1.29, 1.82) is 0 Å². The quantitative estimate of drug-likeness (QED) is 0.637. The fourth-order valence-electron chi connectivity index (χ4n) is 1.32. The number of hydrogen-bond donors (Lipinski definition) is 0. The van der Waals surface area contributed by atoms with E-state index in [0.717, 1.165) is 6.42 Å². The molecule has 0 aromatic heterocycles. The van der Waals surface area contributed by atoms with Gasteiger partial charge in [0.05, 0.1) is 0 Å². The van der Waals surface area contributed by atoms with E-state index in [0.29, 0.717) is 18.3 Å². The van der Waals surface area contributed by atoms with Crippen molar-refractivity contribution in [1.82, 2.24) is 0 Å². The highest BCUT2D eigenvalue weighted by Crippen LogP contribution is 2.12. The molecule has 0 spiro atoms. The summed E-state index contributed by atoms with van der Waals surface area (Å²) in [5, 5.41) is 0. The minimum Gasteiger partial charge on any atom is -0.374 e. The summed E-state index contributed by atoms with van der Waals surface area (Å²) in [4.78, 5) is 11.6. The lowest BCUT2D eigenvalue weighted by Crippen LogP contribution is -2.25. The summed E-state index contributed by atoms with van der Waals surface area (Å²) >= 11 is 0. The van der Waals surface area contributed by atoms with Gasteiger partial charge in [0.15, 0.2) is 5.78 Å². The van der Waals surface area contributed by atoms with Gasteiger partial charge >= 0.3 is 0 Å². The van der Waals surface area contributed by atoms with Crippen LogP contribution in [0.5, 0.6) is 0 Å². The predicted molar refractivity (Wildman–Crippen MR) is 54.7 cm³/mol. The van der Waals surface area contributed by atoms with E-state index < -0.39 is 0 Å². The van der Waals surface area contributed by atoms with Crippen molar-refractivity contribution in [2.45, 2.75) is 46.6 Å². The fourth-order valence-corrected chi connectivity index (χ4v) is 1.32. The molecule has 2 heteroatoms. The molecule has 0 heterocycles. The first-order valence-electron chi connectivity index (χ1n) is 5.02. The summed E-state index contributed by atoms with van der Waals surface area (Å²) in [6, 6.07) is 0. The van der Waals surface area contributed by atoms with Gasteiger partial charge in [0.1, 0.15) is 6.10 Å². The van der Waals surface area contributed by atoms with Crippen LogP contribution < -0.4 is 0 Å². The maximum absolute atomic E-state index is 11.6. The number of Topliss-reactive ketones (excluding diaryl/α,β-unsaturated/α-hetero) is 1. The monoisotopic (exact) mass is 186 g/mol.